The third-order valence-electron chi connectivity index (χ3n) is 4.45. The van der Waals surface area contributed by atoms with E-state index in [0.717, 1.165) is 12.8 Å². The van der Waals surface area contributed by atoms with Crippen LogP contribution in [0, 0.1) is 23.2 Å². The average Bonchev–Trinajstić information content (AvgIpc) is 2.64. The van der Waals surface area contributed by atoms with Crippen molar-refractivity contribution in [1.82, 2.24) is 0 Å². The molecule has 0 radical (unpaired) electrons. The molecule has 0 saturated carbocycles. The summed E-state index contributed by atoms with van der Waals surface area (Å²) in [6.45, 7) is 10.7. The second kappa shape index (κ2) is 7.27. The fourth-order valence-corrected chi connectivity index (χ4v) is 2.98. The average molecular weight is 242 g/mol. The van der Waals surface area contributed by atoms with Crippen LogP contribution in [0.15, 0.2) is 36.5 Å². The maximum Gasteiger partial charge on any atom is 0.00971 e. The van der Waals surface area contributed by atoms with Crippen LogP contribution in [0.2, 0.25) is 0 Å². The summed E-state index contributed by atoms with van der Waals surface area (Å²) >= 11 is 0. The Labute approximate surface area is 113 Å². The molecule has 0 fully saturated rings. The first-order valence-electron chi connectivity index (χ1n) is 7.09. The van der Waals surface area contributed by atoms with Gasteiger partial charge in [0.15, 0.2) is 0 Å². The Morgan fingerprint density at radius 2 is 1.89 bits per heavy atom. The maximum atomic E-state index is 3.72. The molecule has 1 aliphatic carbocycles. The van der Waals surface area contributed by atoms with E-state index >= 15 is 0 Å². The molecular weight excluding hydrogens is 216 g/mol. The molecule has 1 aliphatic rings. The van der Waals surface area contributed by atoms with Crippen LogP contribution in [0.1, 0.15) is 52.9 Å². The van der Waals surface area contributed by atoms with Gasteiger partial charge in [-0.25, -0.2) is 0 Å². The van der Waals surface area contributed by atoms with Gasteiger partial charge in [0.2, 0.25) is 0 Å². The highest BCUT2D eigenvalue weighted by Crippen LogP contribution is 2.46. The van der Waals surface area contributed by atoms with Gasteiger partial charge in [-0.15, -0.1) is 11.8 Å². The Kier molecular flexibility index (Phi) is 5.99. The van der Waals surface area contributed by atoms with Crippen LogP contribution in [-0.4, -0.2) is 0 Å². The van der Waals surface area contributed by atoms with E-state index in [1.807, 2.05) is 12.2 Å². The van der Waals surface area contributed by atoms with Gasteiger partial charge in [0.05, 0.1) is 0 Å². The molecule has 18 heavy (non-hydrogen) atoms. The van der Waals surface area contributed by atoms with Crippen LogP contribution in [-0.2, 0) is 0 Å². The highest BCUT2D eigenvalue weighted by Gasteiger charge is 2.36. The van der Waals surface area contributed by atoms with Gasteiger partial charge in [-0.3, -0.25) is 0 Å². The van der Waals surface area contributed by atoms with Crippen LogP contribution in [0.4, 0.5) is 0 Å². The van der Waals surface area contributed by atoms with Crippen molar-refractivity contribution < 1.29 is 0 Å². The van der Waals surface area contributed by atoms with Gasteiger partial charge < -0.3 is 0 Å². The first kappa shape index (κ1) is 14.8. The molecule has 0 aromatic heterocycles. The lowest BCUT2D eigenvalue weighted by atomic mass is 9.65. The molecule has 1 unspecified atom stereocenters. The van der Waals surface area contributed by atoms with Crippen LogP contribution in [0.25, 0.3) is 0 Å². The van der Waals surface area contributed by atoms with E-state index in [9.17, 15) is 0 Å². The van der Waals surface area contributed by atoms with Gasteiger partial charge in [-0.05, 0) is 31.1 Å². The van der Waals surface area contributed by atoms with E-state index < -0.39 is 0 Å². The Balaban J connectivity index is 3.00. The Morgan fingerprint density at radius 1 is 1.28 bits per heavy atom. The third kappa shape index (κ3) is 3.39. The van der Waals surface area contributed by atoms with Crippen LogP contribution >= 0.6 is 0 Å². The molecule has 1 rings (SSSR count). The highest BCUT2D eigenvalue weighted by molar-refractivity contribution is 5.23. The van der Waals surface area contributed by atoms with Gasteiger partial charge in [0.1, 0.15) is 0 Å². The fraction of sp³-hybridized carbons (Fsp3) is 0.556. The van der Waals surface area contributed by atoms with Crippen molar-refractivity contribution in [3.05, 3.63) is 36.5 Å². The predicted octanol–water partition coefficient (Wildman–Crippen LogP) is 5.28. The Morgan fingerprint density at radius 3 is 2.39 bits per heavy atom. The Hall–Kier alpha value is -1.22. The van der Waals surface area contributed by atoms with Gasteiger partial charge >= 0.3 is 0 Å². The topological polar surface area (TPSA) is 0 Å². The summed E-state index contributed by atoms with van der Waals surface area (Å²) in [4.78, 5) is 0. The molecule has 0 bridgehead atoms. The summed E-state index contributed by atoms with van der Waals surface area (Å²) in [5.74, 6) is 7.30. The monoisotopic (exact) mass is 242 g/mol. The minimum Gasteiger partial charge on any atom is -0.103 e. The van der Waals surface area contributed by atoms with Crippen molar-refractivity contribution in [3.8, 4) is 11.8 Å². The van der Waals surface area contributed by atoms with Crippen LogP contribution in [0.3, 0.4) is 0 Å². The zero-order valence-corrected chi connectivity index (χ0v) is 12.1. The molecule has 0 heterocycles. The largest absolute Gasteiger partial charge is 0.103 e. The highest BCUT2D eigenvalue weighted by atomic mass is 14.4. The smallest absolute Gasteiger partial charge is 0.00971 e. The maximum absolute atomic E-state index is 3.72. The first-order chi connectivity index (χ1) is 8.67. The summed E-state index contributed by atoms with van der Waals surface area (Å²) in [5.41, 5.74) is 1.83. The van der Waals surface area contributed by atoms with Gasteiger partial charge in [-0.1, -0.05) is 56.7 Å². The van der Waals surface area contributed by atoms with Gasteiger partial charge in [-0.2, -0.15) is 0 Å². The zero-order valence-electron chi connectivity index (χ0n) is 12.1. The van der Waals surface area contributed by atoms with Crippen molar-refractivity contribution in [2.45, 2.75) is 52.9 Å². The van der Waals surface area contributed by atoms with E-state index in [1.165, 1.54) is 24.8 Å². The fourth-order valence-electron chi connectivity index (χ4n) is 2.98. The number of hydrogen-bond donors (Lipinski definition) is 0. The first-order valence-corrected chi connectivity index (χ1v) is 7.09. The molecule has 0 spiro atoms. The zero-order chi connectivity index (χ0) is 13.4. The van der Waals surface area contributed by atoms with E-state index in [4.69, 9.17) is 0 Å². The molecule has 1 atom stereocenters. The molecule has 98 valence electrons. The lowest BCUT2D eigenvalue weighted by Crippen LogP contribution is -2.29. The van der Waals surface area contributed by atoms with E-state index in [2.05, 4.69) is 51.3 Å². The molecule has 0 nitrogen and oxygen atoms in total. The third-order valence-corrected chi connectivity index (χ3v) is 4.45. The lowest BCUT2D eigenvalue weighted by molar-refractivity contribution is 0.192. The molecule has 0 amide bonds. The van der Waals surface area contributed by atoms with E-state index in [-0.39, 0.29) is 0 Å². The Bertz CT molecular complexity index is 372. The summed E-state index contributed by atoms with van der Waals surface area (Å²) < 4.78 is 0. The van der Waals surface area contributed by atoms with Crippen molar-refractivity contribution in [2.24, 2.45) is 11.3 Å². The van der Waals surface area contributed by atoms with Crippen molar-refractivity contribution in [2.75, 3.05) is 0 Å². The summed E-state index contributed by atoms with van der Waals surface area (Å²) in [7, 11) is 0. The summed E-state index contributed by atoms with van der Waals surface area (Å²) in [6, 6.07) is 0. The second-order valence-corrected chi connectivity index (χ2v) is 5.29. The standard InChI is InChI=1S/C18H26/c1-5-7-10-13-17(4)18(16(3)6-2)14-11-8-9-12-15-18/h5,7,10,13,16H,1,6,11-12,14-15H2,2-4H3/b10-7-,17-13+. The predicted molar refractivity (Wildman–Crippen MR) is 81.2 cm³/mol. The molecule has 0 saturated heterocycles. The number of rotatable bonds is 5. The minimum absolute atomic E-state index is 0.330. The summed E-state index contributed by atoms with van der Waals surface area (Å²) in [6.07, 6.45) is 13.9. The SMILES string of the molecule is C=C/C=C\C=C(/C)C1(C(C)CC)CCC#CCC1. The van der Waals surface area contributed by atoms with E-state index in [1.54, 1.807) is 0 Å². The molecule has 0 aromatic carbocycles. The molecule has 0 aliphatic heterocycles. The van der Waals surface area contributed by atoms with Crippen LogP contribution < -0.4 is 0 Å². The second-order valence-electron chi connectivity index (χ2n) is 5.29. The van der Waals surface area contributed by atoms with E-state index in [0.29, 0.717) is 11.3 Å². The van der Waals surface area contributed by atoms with Gasteiger partial charge in [0.25, 0.3) is 0 Å². The normalized spacial score (nSPS) is 20.9. The number of hydrogen-bond acceptors (Lipinski definition) is 0. The summed E-state index contributed by atoms with van der Waals surface area (Å²) in [5, 5.41) is 0. The molecule has 0 N–H and O–H groups in total. The van der Waals surface area contributed by atoms with Crippen molar-refractivity contribution in [3.63, 3.8) is 0 Å². The van der Waals surface area contributed by atoms with Gasteiger partial charge in [0, 0.05) is 12.8 Å². The molecule has 0 aromatic rings. The quantitative estimate of drug-likeness (QED) is 0.454. The lowest BCUT2D eigenvalue weighted by Gasteiger charge is -2.39. The molecular formula is C18H26. The minimum atomic E-state index is 0.330. The molecule has 0 heteroatoms. The van der Waals surface area contributed by atoms with Crippen molar-refractivity contribution >= 4 is 0 Å². The van der Waals surface area contributed by atoms with Crippen LogP contribution in [0.5, 0.6) is 0 Å². The van der Waals surface area contributed by atoms with Crippen molar-refractivity contribution in [1.29, 1.82) is 0 Å². The number of allylic oxidation sites excluding steroid dienone is 5.